The van der Waals surface area contributed by atoms with Crippen molar-refractivity contribution in [1.29, 1.82) is 0 Å². The fraction of sp³-hybridized carbons (Fsp3) is 0.190. The lowest BCUT2D eigenvalue weighted by atomic mass is 10.1. The minimum atomic E-state index is -0.878. The first-order chi connectivity index (χ1) is 13.0. The van der Waals surface area contributed by atoms with Crippen LogP contribution in [0.2, 0.25) is 0 Å². The van der Waals surface area contributed by atoms with Gasteiger partial charge in [0.25, 0.3) is 11.7 Å². The van der Waals surface area contributed by atoms with E-state index in [1.54, 1.807) is 42.8 Å². The summed E-state index contributed by atoms with van der Waals surface area (Å²) in [5.41, 5.74) is 2.86. The average molecular weight is 363 g/mol. The molecule has 0 saturated heterocycles. The van der Waals surface area contributed by atoms with E-state index < -0.39 is 17.8 Å². The molecule has 0 aliphatic rings. The molecule has 1 amide bonds. The van der Waals surface area contributed by atoms with Crippen molar-refractivity contribution in [2.24, 2.45) is 0 Å². The number of rotatable bonds is 6. The number of amides is 1. The third-order valence-corrected chi connectivity index (χ3v) is 4.37. The van der Waals surface area contributed by atoms with Crippen LogP contribution < -0.4 is 5.32 Å². The second-order valence-electron chi connectivity index (χ2n) is 6.26. The highest BCUT2D eigenvalue weighted by Gasteiger charge is 2.25. The van der Waals surface area contributed by atoms with Gasteiger partial charge in [-0.25, -0.2) is 4.68 Å². The van der Waals surface area contributed by atoms with Crippen LogP contribution in [0.1, 0.15) is 33.4 Å². The van der Waals surface area contributed by atoms with Crippen LogP contribution in [0.25, 0.3) is 5.69 Å². The van der Waals surface area contributed by atoms with Gasteiger partial charge in [-0.05, 0) is 31.5 Å². The van der Waals surface area contributed by atoms with Crippen molar-refractivity contribution in [1.82, 2.24) is 15.1 Å². The zero-order chi connectivity index (χ0) is 19.4. The summed E-state index contributed by atoms with van der Waals surface area (Å²) in [7, 11) is 0. The predicted molar refractivity (Wildman–Crippen MR) is 102 cm³/mol. The lowest BCUT2D eigenvalue weighted by Gasteiger charge is -2.12. The molecular formula is C21H21N3O3. The maximum atomic E-state index is 12.6. The highest BCUT2D eigenvalue weighted by Crippen LogP contribution is 2.18. The molecule has 0 aliphatic carbocycles. The summed E-state index contributed by atoms with van der Waals surface area (Å²) in [6.07, 6.45) is -0.878. The van der Waals surface area contributed by atoms with Gasteiger partial charge in [0.2, 0.25) is 0 Å². The summed E-state index contributed by atoms with van der Waals surface area (Å²) >= 11 is 0. The molecule has 0 spiro atoms. The van der Waals surface area contributed by atoms with Crippen molar-refractivity contribution in [2.75, 3.05) is 6.54 Å². The largest absolute Gasteiger partial charge is 0.387 e. The molecule has 3 rings (SSSR count). The van der Waals surface area contributed by atoms with Gasteiger partial charge >= 0.3 is 0 Å². The molecule has 2 N–H and O–H groups in total. The summed E-state index contributed by atoms with van der Waals surface area (Å²) in [6.45, 7) is 3.41. The number of nitrogens with zero attached hydrogens (tertiary/aromatic N) is 2. The number of hydrogen-bond acceptors (Lipinski definition) is 4. The number of ketones is 1. The van der Waals surface area contributed by atoms with Gasteiger partial charge in [-0.1, -0.05) is 48.5 Å². The van der Waals surface area contributed by atoms with Gasteiger partial charge in [0.05, 0.1) is 28.7 Å². The lowest BCUT2D eigenvalue weighted by Crippen LogP contribution is -2.34. The normalized spacial score (nSPS) is 11.8. The van der Waals surface area contributed by atoms with Crippen LogP contribution in [0.15, 0.2) is 60.7 Å². The maximum Gasteiger partial charge on any atom is 0.292 e. The van der Waals surface area contributed by atoms with Crippen molar-refractivity contribution >= 4 is 11.7 Å². The van der Waals surface area contributed by atoms with Crippen molar-refractivity contribution in [3.05, 3.63) is 83.2 Å². The van der Waals surface area contributed by atoms with Crippen molar-refractivity contribution in [2.45, 2.75) is 20.0 Å². The number of hydrogen-bond donors (Lipinski definition) is 2. The molecule has 0 bridgehead atoms. The summed E-state index contributed by atoms with van der Waals surface area (Å²) < 4.78 is 1.65. The van der Waals surface area contributed by atoms with Gasteiger partial charge in [0, 0.05) is 6.54 Å². The SMILES string of the molecule is Cc1nn(-c2ccccc2)c(C)c1C(=O)C(=O)NC[C@@H](O)c1ccccc1. The van der Waals surface area contributed by atoms with Crippen LogP contribution in [0.5, 0.6) is 0 Å². The molecule has 0 unspecified atom stereocenters. The fourth-order valence-corrected chi connectivity index (χ4v) is 2.97. The minimum absolute atomic E-state index is 0.0422. The van der Waals surface area contributed by atoms with Gasteiger partial charge in [0.15, 0.2) is 0 Å². The van der Waals surface area contributed by atoms with Crippen molar-refractivity contribution in [3.63, 3.8) is 0 Å². The van der Waals surface area contributed by atoms with Gasteiger partial charge in [-0.3, -0.25) is 9.59 Å². The number of carbonyl (C=O) groups is 2. The molecule has 1 aromatic heterocycles. The fourth-order valence-electron chi connectivity index (χ4n) is 2.97. The molecule has 6 nitrogen and oxygen atoms in total. The molecule has 3 aromatic rings. The number of para-hydroxylation sites is 1. The van der Waals surface area contributed by atoms with Gasteiger partial charge in [-0.2, -0.15) is 5.10 Å². The number of carbonyl (C=O) groups excluding carboxylic acids is 2. The Balaban J connectivity index is 1.74. The summed E-state index contributed by atoms with van der Waals surface area (Å²) in [4.78, 5) is 25.0. The molecule has 27 heavy (non-hydrogen) atoms. The highest BCUT2D eigenvalue weighted by atomic mass is 16.3. The van der Waals surface area contributed by atoms with Gasteiger partial charge < -0.3 is 10.4 Å². The minimum Gasteiger partial charge on any atom is -0.387 e. The topological polar surface area (TPSA) is 84.2 Å². The standard InChI is InChI=1S/C21H21N3O3/c1-14-19(15(2)24(23-14)17-11-7-4-8-12-17)20(26)21(27)22-13-18(25)16-9-5-3-6-10-16/h3-12,18,25H,13H2,1-2H3,(H,22,27)/t18-/m1/s1. The molecule has 138 valence electrons. The van der Waals surface area contributed by atoms with E-state index in [1.807, 2.05) is 36.4 Å². The van der Waals surface area contributed by atoms with E-state index in [2.05, 4.69) is 10.4 Å². The summed E-state index contributed by atoms with van der Waals surface area (Å²) in [5, 5.41) is 17.0. The second kappa shape index (κ2) is 7.97. The number of nitrogens with one attached hydrogen (secondary N) is 1. The van der Waals surface area contributed by atoms with Crippen LogP contribution >= 0.6 is 0 Å². The summed E-state index contributed by atoms with van der Waals surface area (Å²) in [5.74, 6) is -1.42. The number of aryl methyl sites for hydroxylation is 1. The van der Waals surface area contributed by atoms with Crippen LogP contribution in [-0.2, 0) is 4.79 Å². The molecule has 0 saturated carbocycles. The molecule has 0 aliphatic heterocycles. The number of benzene rings is 2. The second-order valence-corrected chi connectivity index (χ2v) is 6.26. The molecule has 1 heterocycles. The van der Waals surface area contributed by atoms with E-state index in [-0.39, 0.29) is 12.1 Å². The number of aliphatic hydroxyl groups is 1. The monoisotopic (exact) mass is 363 g/mol. The third-order valence-electron chi connectivity index (χ3n) is 4.37. The first-order valence-electron chi connectivity index (χ1n) is 8.66. The van der Waals surface area contributed by atoms with Crippen LogP contribution in [0.4, 0.5) is 0 Å². The molecule has 2 aromatic carbocycles. The van der Waals surface area contributed by atoms with Crippen LogP contribution in [0.3, 0.4) is 0 Å². The Hall–Kier alpha value is -3.25. The smallest absolute Gasteiger partial charge is 0.292 e. The Kier molecular flexibility index (Phi) is 5.47. The van der Waals surface area contributed by atoms with E-state index in [4.69, 9.17) is 0 Å². The van der Waals surface area contributed by atoms with Crippen molar-refractivity contribution in [3.8, 4) is 5.69 Å². The van der Waals surface area contributed by atoms with E-state index in [9.17, 15) is 14.7 Å². The van der Waals surface area contributed by atoms with E-state index in [0.29, 0.717) is 17.0 Å². The predicted octanol–water partition coefficient (Wildman–Crippen LogP) is 2.52. The Morgan fingerprint density at radius 1 is 1.04 bits per heavy atom. The molecule has 0 radical (unpaired) electrons. The Labute approximate surface area is 157 Å². The first-order valence-corrected chi connectivity index (χ1v) is 8.66. The van der Waals surface area contributed by atoms with Crippen LogP contribution in [-0.4, -0.2) is 33.1 Å². The zero-order valence-electron chi connectivity index (χ0n) is 15.2. The highest BCUT2D eigenvalue weighted by molar-refractivity contribution is 6.43. The number of Topliss-reactive ketones (excluding diaryl/α,β-unsaturated/α-hetero) is 1. The molecule has 1 atom stereocenters. The first kappa shape index (κ1) is 18.5. The maximum absolute atomic E-state index is 12.6. The Bertz CT molecular complexity index is 950. The average Bonchev–Trinajstić information content (AvgIpc) is 3.00. The van der Waals surface area contributed by atoms with E-state index in [0.717, 1.165) is 5.69 Å². The van der Waals surface area contributed by atoms with Gasteiger partial charge in [0.1, 0.15) is 0 Å². The van der Waals surface area contributed by atoms with Gasteiger partial charge in [-0.15, -0.1) is 0 Å². The number of aromatic nitrogens is 2. The zero-order valence-corrected chi connectivity index (χ0v) is 15.2. The van der Waals surface area contributed by atoms with E-state index in [1.165, 1.54) is 0 Å². The molecular weight excluding hydrogens is 342 g/mol. The molecule has 0 fully saturated rings. The van der Waals surface area contributed by atoms with E-state index >= 15 is 0 Å². The number of aliphatic hydroxyl groups excluding tert-OH is 1. The quantitative estimate of drug-likeness (QED) is 0.521. The summed E-state index contributed by atoms with van der Waals surface area (Å²) in [6, 6.07) is 18.4. The van der Waals surface area contributed by atoms with Crippen molar-refractivity contribution < 1.29 is 14.7 Å². The Morgan fingerprint density at radius 3 is 2.26 bits per heavy atom. The Morgan fingerprint density at radius 2 is 1.63 bits per heavy atom. The third kappa shape index (κ3) is 3.96. The van der Waals surface area contributed by atoms with Crippen LogP contribution in [0, 0.1) is 13.8 Å². The lowest BCUT2D eigenvalue weighted by molar-refractivity contribution is -0.117. The molecule has 6 heteroatoms.